The molecule has 2 rings (SSSR count). The zero-order chi connectivity index (χ0) is 13.7. The number of likely N-dealkylation sites (tertiary alicyclic amines) is 1. The van der Waals surface area contributed by atoms with Crippen LogP contribution in [-0.4, -0.2) is 36.2 Å². The molecular weight excluding hydrogens is 242 g/mol. The zero-order valence-corrected chi connectivity index (χ0v) is 11.3. The Morgan fingerprint density at radius 2 is 2.26 bits per heavy atom. The van der Waals surface area contributed by atoms with Crippen molar-refractivity contribution in [2.75, 3.05) is 20.2 Å². The first-order valence-corrected chi connectivity index (χ1v) is 6.81. The van der Waals surface area contributed by atoms with Gasteiger partial charge in [0, 0.05) is 18.0 Å². The van der Waals surface area contributed by atoms with Gasteiger partial charge in [-0.05, 0) is 38.4 Å². The molecule has 1 atom stereocenters. The fourth-order valence-corrected chi connectivity index (χ4v) is 2.82. The highest BCUT2D eigenvalue weighted by atomic mass is 16.5. The van der Waals surface area contributed by atoms with Gasteiger partial charge in [-0.2, -0.15) is 0 Å². The second-order valence-corrected chi connectivity index (χ2v) is 4.93. The maximum Gasteiger partial charge on any atom is 0.303 e. The van der Waals surface area contributed by atoms with Crippen LogP contribution in [0.15, 0.2) is 24.3 Å². The summed E-state index contributed by atoms with van der Waals surface area (Å²) in [5.74, 6) is 0.214. The Balaban J connectivity index is 2.03. The van der Waals surface area contributed by atoms with E-state index in [2.05, 4.69) is 11.0 Å². The molecule has 1 aromatic rings. The molecule has 0 saturated carbocycles. The molecular formula is C15H21NO3. The number of carbonyl (C=O) groups is 1. The Labute approximate surface area is 114 Å². The van der Waals surface area contributed by atoms with Gasteiger partial charge in [-0.3, -0.25) is 9.69 Å². The number of hydrogen-bond acceptors (Lipinski definition) is 3. The number of ether oxygens (including phenoxy) is 1. The number of nitrogens with zero attached hydrogens (tertiary/aromatic N) is 1. The minimum Gasteiger partial charge on any atom is -0.496 e. The lowest BCUT2D eigenvalue weighted by Gasteiger charge is -2.25. The minimum atomic E-state index is -0.715. The first-order chi connectivity index (χ1) is 9.22. The van der Waals surface area contributed by atoms with Crippen molar-refractivity contribution in [1.29, 1.82) is 0 Å². The SMILES string of the molecule is COc1ccccc1C1CCCN1CCCC(=O)O. The van der Waals surface area contributed by atoms with Crippen molar-refractivity contribution in [3.05, 3.63) is 29.8 Å². The molecule has 104 valence electrons. The first kappa shape index (κ1) is 13.9. The average Bonchev–Trinajstić information content (AvgIpc) is 2.86. The van der Waals surface area contributed by atoms with Crippen LogP contribution in [0.4, 0.5) is 0 Å². The Bertz CT molecular complexity index is 433. The molecule has 1 aliphatic rings. The molecule has 4 heteroatoms. The normalized spacial score (nSPS) is 19.5. The van der Waals surface area contributed by atoms with Crippen LogP contribution < -0.4 is 4.74 Å². The third kappa shape index (κ3) is 3.47. The van der Waals surface area contributed by atoms with Crippen LogP contribution in [0.1, 0.15) is 37.3 Å². The van der Waals surface area contributed by atoms with Gasteiger partial charge >= 0.3 is 5.97 Å². The summed E-state index contributed by atoms with van der Waals surface area (Å²) in [6.07, 6.45) is 3.24. The van der Waals surface area contributed by atoms with Crippen molar-refractivity contribution in [1.82, 2.24) is 4.90 Å². The summed E-state index contributed by atoms with van der Waals surface area (Å²) in [5.41, 5.74) is 1.22. The predicted molar refractivity (Wildman–Crippen MR) is 73.4 cm³/mol. The number of rotatable bonds is 6. The van der Waals surface area contributed by atoms with Crippen molar-refractivity contribution >= 4 is 5.97 Å². The monoisotopic (exact) mass is 263 g/mol. The molecule has 19 heavy (non-hydrogen) atoms. The summed E-state index contributed by atoms with van der Waals surface area (Å²) < 4.78 is 5.43. The third-order valence-electron chi connectivity index (χ3n) is 3.70. The van der Waals surface area contributed by atoms with E-state index >= 15 is 0 Å². The minimum absolute atomic E-state index is 0.245. The van der Waals surface area contributed by atoms with Crippen molar-refractivity contribution in [2.45, 2.75) is 31.7 Å². The van der Waals surface area contributed by atoms with Gasteiger partial charge in [0.25, 0.3) is 0 Å². The summed E-state index contributed by atoms with van der Waals surface area (Å²) in [7, 11) is 1.70. The van der Waals surface area contributed by atoms with Crippen LogP contribution in [-0.2, 0) is 4.79 Å². The van der Waals surface area contributed by atoms with Gasteiger partial charge in [0.05, 0.1) is 7.11 Å². The van der Waals surface area contributed by atoms with Crippen molar-refractivity contribution in [2.24, 2.45) is 0 Å². The third-order valence-corrected chi connectivity index (χ3v) is 3.70. The highest BCUT2D eigenvalue weighted by Crippen LogP contribution is 2.36. The van der Waals surface area contributed by atoms with Crippen molar-refractivity contribution < 1.29 is 14.6 Å². The number of aliphatic carboxylic acids is 1. The van der Waals surface area contributed by atoms with Gasteiger partial charge in [-0.25, -0.2) is 0 Å². The standard InChI is InChI=1S/C15H21NO3/c1-19-14-8-3-2-6-12(14)13-7-4-10-16(13)11-5-9-15(17)18/h2-3,6,8,13H,4-5,7,9-11H2,1H3,(H,17,18). The summed E-state index contributed by atoms with van der Waals surface area (Å²) in [6.45, 7) is 1.89. The first-order valence-electron chi connectivity index (χ1n) is 6.81. The molecule has 0 bridgehead atoms. The Hall–Kier alpha value is -1.55. The van der Waals surface area contributed by atoms with Gasteiger partial charge in [-0.1, -0.05) is 18.2 Å². The molecule has 0 aliphatic carbocycles. The van der Waals surface area contributed by atoms with Crippen LogP contribution in [0.25, 0.3) is 0 Å². The Morgan fingerprint density at radius 1 is 1.47 bits per heavy atom. The molecule has 1 saturated heterocycles. The van der Waals surface area contributed by atoms with Gasteiger partial charge < -0.3 is 9.84 Å². The largest absolute Gasteiger partial charge is 0.496 e. The lowest BCUT2D eigenvalue weighted by molar-refractivity contribution is -0.137. The molecule has 1 aliphatic heterocycles. The van der Waals surface area contributed by atoms with Crippen LogP contribution in [0.2, 0.25) is 0 Å². The van der Waals surface area contributed by atoms with E-state index < -0.39 is 5.97 Å². The molecule has 1 heterocycles. The lowest BCUT2D eigenvalue weighted by atomic mass is 10.0. The number of carboxylic acids is 1. The van der Waals surface area contributed by atoms with Gasteiger partial charge in [0.2, 0.25) is 0 Å². The maximum absolute atomic E-state index is 10.6. The zero-order valence-electron chi connectivity index (χ0n) is 11.3. The molecule has 1 N–H and O–H groups in total. The maximum atomic E-state index is 10.6. The number of benzene rings is 1. The number of hydrogen-bond donors (Lipinski definition) is 1. The second kappa shape index (κ2) is 6.57. The Kier molecular flexibility index (Phi) is 4.80. The van der Waals surface area contributed by atoms with Gasteiger partial charge in [-0.15, -0.1) is 0 Å². The fraction of sp³-hybridized carbons (Fsp3) is 0.533. The molecule has 0 radical (unpaired) electrons. The van der Waals surface area contributed by atoms with Crippen LogP contribution in [0.3, 0.4) is 0 Å². The molecule has 0 aromatic heterocycles. The lowest BCUT2D eigenvalue weighted by Crippen LogP contribution is -2.25. The number of carboxylic acid groups (broad SMARTS) is 1. The van der Waals surface area contributed by atoms with E-state index in [1.165, 1.54) is 5.56 Å². The molecule has 1 aromatic carbocycles. The van der Waals surface area contributed by atoms with Crippen molar-refractivity contribution in [3.63, 3.8) is 0 Å². The van der Waals surface area contributed by atoms with Crippen LogP contribution in [0.5, 0.6) is 5.75 Å². The molecule has 0 spiro atoms. The molecule has 1 fully saturated rings. The van der Waals surface area contributed by atoms with Gasteiger partial charge in [0.15, 0.2) is 0 Å². The highest BCUT2D eigenvalue weighted by Gasteiger charge is 2.27. The van der Waals surface area contributed by atoms with Crippen molar-refractivity contribution in [3.8, 4) is 5.75 Å². The molecule has 1 unspecified atom stereocenters. The topological polar surface area (TPSA) is 49.8 Å². The number of methoxy groups -OCH3 is 1. The smallest absolute Gasteiger partial charge is 0.303 e. The van der Waals surface area contributed by atoms with E-state index in [0.29, 0.717) is 12.5 Å². The average molecular weight is 263 g/mol. The summed E-state index contributed by atoms with van der Waals surface area (Å²) in [4.78, 5) is 13.0. The number of para-hydroxylation sites is 1. The second-order valence-electron chi connectivity index (χ2n) is 4.93. The van der Waals surface area contributed by atoms with Gasteiger partial charge in [0.1, 0.15) is 5.75 Å². The van der Waals surface area contributed by atoms with E-state index in [-0.39, 0.29) is 6.42 Å². The van der Waals surface area contributed by atoms with E-state index in [4.69, 9.17) is 9.84 Å². The summed E-state index contributed by atoms with van der Waals surface area (Å²) in [5, 5.41) is 8.71. The van der Waals surface area contributed by atoms with Crippen LogP contribution in [0, 0.1) is 0 Å². The van der Waals surface area contributed by atoms with E-state index in [0.717, 1.165) is 31.7 Å². The fourth-order valence-electron chi connectivity index (χ4n) is 2.82. The Morgan fingerprint density at radius 3 is 3.00 bits per heavy atom. The molecule has 0 amide bonds. The van der Waals surface area contributed by atoms with E-state index in [1.54, 1.807) is 7.11 Å². The van der Waals surface area contributed by atoms with Crippen LogP contribution >= 0.6 is 0 Å². The summed E-state index contributed by atoms with van der Waals surface area (Å²) in [6, 6.07) is 8.48. The predicted octanol–water partition coefficient (Wildman–Crippen LogP) is 2.70. The van der Waals surface area contributed by atoms with E-state index in [9.17, 15) is 4.79 Å². The summed E-state index contributed by atoms with van der Waals surface area (Å²) >= 11 is 0. The molecule has 4 nitrogen and oxygen atoms in total. The quantitative estimate of drug-likeness (QED) is 0.857. The highest BCUT2D eigenvalue weighted by molar-refractivity contribution is 5.66. The van der Waals surface area contributed by atoms with E-state index in [1.807, 2.05) is 18.2 Å².